The van der Waals surface area contributed by atoms with Crippen LogP contribution in [0, 0.1) is 22.7 Å². The quantitative estimate of drug-likeness (QED) is 0.539. The molecule has 166 valence electrons. The molecule has 0 unspecified atom stereocenters. The van der Waals surface area contributed by atoms with Crippen LogP contribution in [0.3, 0.4) is 0 Å². The van der Waals surface area contributed by atoms with Crippen LogP contribution >= 0.6 is 11.6 Å². The molecule has 0 aliphatic carbocycles. The van der Waals surface area contributed by atoms with E-state index in [-0.39, 0.29) is 11.9 Å². The van der Waals surface area contributed by atoms with E-state index in [4.69, 9.17) is 16.9 Å². The topological polar surface area (TPSA) is 118 Å². The van der Waals surface area contributed by atoms with Crippen molar-refractivity contribution in [2.75, 3.05) is 18.4 Å². The highest BCUT2D eigenvalue weighted by Gasteiger charge is 2.40. The summed E-state index contributed by atoms with van der Waals surface area (Å²) in [4.78, 5) is 18.4. The number of carbonyl (C=O) groups excluding carboxylic acids is 1. The first-order valence-corrected chi connectivity index (χ1v) is 10.9. The van der Waals surface area contributed by atoms with E-state index in [1.165, 1.54) is 6.20 Å². The van der Waals surface area contributed by atoms with Gasteiger partial charge in [-0.05, 0) is 48.4 Å². The first kappa shape index (κ1) is 22.1. The number of hydrogen-bond acceptors (Lipinski definition) is 5. The zero-order valence-electron chi connectivity index (χ0n) is 18.0. The van der Waals surface area contributed by atoms with Gasteiger partial charge in [-0.15, -0.1) is 0 Å². The van der Waals surface area contributed by atoms with E-state index in [0.29, 0.717) is 29.5 Å². The Morgan fingerprint density at radius 1 is 1.34 bits per heavy atom. The third-order valence-corrected chi connectivity index (χ3v) is 6.73. The number of aliphatic hydroxyl groups is 1. The van der Waals surface area contributed by atoms with Gasteiger partial charge in [-0.25, -0.2) is 9.78 Å². The first-order valence-electron chi connectivity index (χ1n) is 10.5. The Morgan fingerprint density at radius 2 is 2.09 bits per heavy atom. The van der Waals surface area contributed by atoms with Gasteiger partial charge in [0.05, 0.1) is 29.7 Å². The fourth-order valence-corrected chi connectivity index (χ4v) is 4.68. The molecule has 0 bridgehead atoms. The molecule has 3 heterocycles. The molecule has 0 radical (unpaired) electrons. The number of amides is 2. The van der Waals surface area contributed by atoms with Crippen molar-refractivity contribution in [3.63, 3.8) is 0 Å². The van der Waals surface area contributed by atoms with Crippen molar-refractivity contribution in [2.45, 2.75) is 32.8 Å². The molecule has 1 saturated heterocycles. The number of aliphatic hydroxyl groups excluding tert-OH is 1. The highest BCUT2D eigenvalue weighted by atomic mass is 35.5. The van der Waals surface area contributed by atoms with Crippen molar-refractivity contribution >= 4 is 34.2 Å². The predicted molar refractivity (Wildman–Crippen MR) is 122 cm³/mol. The summed E-state index contributed by atoms with van der Waals surface area (Å²) in [6.45, 7) is 5.30. The highest BCUT2D eigenvalue weighted by molar-refractivity contribution is 6.31. The third kappa shape index (κ3) is 4.27. The molecular formula is C23H25ClN6O2. The number of aromatic nitrogens is 3. The maximum absolute atomic E-state index is 12.6. The molecule has 3 N–H and O–H groups in total. The number of nitrogens with one attached hydrogen (secondary N) is 2. The molecule has 1 aliphatic rings. The fraction of sp³-hybridized carbons (Fsp3) is 0.391. The second-order valence-corrected chi connectivity index (χ2v) is 9.22. The van der Waals surface area contributed by atoms with E-state index in [2.05, 4.69) is 34.3 Å². The first-order chi connectivity index (χ1) is 15.3. The van der Waals surface area contributed by atoms with Crippen LogP contribution in [0.2, 0.25) is 5.02 Å². The fourth-order valence-electron chi connectivity index (χ4n) is 4.45. The third-order valence-electron chi connectivity index (χ3n) is 6.51. The molecule has 3 aromatic rings. The lowest BCUT2D eigenvalue weighted by molar-refractivity contribution is -0.0138. The predicted octanol–water partition coefficient (Wildman–Crippen LogP) is 4.49. The zero-order chi connectivity index (χ0) is 22.9. The van der Waals surface area contributed by atoms with Gasteiger partial charge in [0.25, 0.3) is 0 Å². The number of halogens is 1. The number of aromatic amines is 1. The molecule has 1 atom stereocenters. The van der Waals surface area contributed by atoms with Crippen molar-refractivity contribution in [3.8, 4) is 6.07 Å². The lowest BCUT2D eigenvalue weighted by Gasteiger charge is -2.43. The van der Waals surface area contributed by atoms with E-state index in [9.17, 15) is 9.90 Å². The number of pyridine rings is 1. The zero-order valence-corrected chi connectivity index (χ0v) is 18.7. The van der Waals surface area contributed by atoms with Crippen LogP contribution < -0.4 is 5.32 Å². The number of hydrogen-bond donors (Lipinski definition) is 3. The summed E-state index contributed by atoms with van der Waals surface area (Å²) in [5.74, 6) is 0.218. The number of anilines is 1. The highest BCUT2D eigenvalue weighted by Crippen LogP contribution is 2.46. The number of carbonyl (C=O) groups is 1. The van der Waals surface area contributed by atoms with E-state index < -0.39 is 11.5 Å². The number of urea groups is 1. The van der Waals surface area contributed by atoms with Crippen LogP contribution in [-0.2, 0) is 0 Å². The molecule has 8 nitrogen and oxygen atoms in total. The van der Waals surface area contributed by atoms with Crippen molar-refractivity contribution in [3.05, 3.63) is 52.9 Å². The molecule has 9 heteroatoms. The molecule has 4 rings (SSSR count). The molecule has 32 heavy (non-hydrogen) atoms. The largest absolute Gasteiger partial charge is 0.388 e. The Hall–Kier alpha value is -3.15. The van der Waals surface area contributed by atoms with Gasteiger partial charge in [-0.3, -0.25) is 5.10 Å². The smallest absolute Gasteiger partial charge is 0.321 e. The van der Waals surface area contributed by atoms with E-state index in [1.807, 2.05) is 12.1 Å². The van der Waals surface area contributed by atoms with Gasteiger partial charge in [0.2, 0.25) is 0 Å². The van der Waals surface area contributed by atoms with Crippen LogP contribution in [0.5, 0.6) is 0 Å². The van der Waals surface area contributed by atoms with Crippen LogP contribution in [0.25, 0.3) is 10.9 Å². The Bertz CT molecular complexity index is 1160. The van der Waals surface area contributed by atoms with Crippen LogP contribution in [0.4, 0.5) is 10.5 Å². The number of nitrogens with zero attached hydrogens (tertiary/aromatic N) is 4. The van der Waals surface area contributed by atoms with E-state index in [1.54, 1.807) is 29.3 Å². The maximum atomic E-state index is 12.6. The lowest BCUT2D eigenvalue weighted by Crippen LogP contribution is -2.45. The maximum Gasteiger partial charge on any atom is 0.321 e. The monoisotopic (exact) mass is 452 g/mol. The number of likely N-dealkylation sites (tertiary alicyclic amines) is 1. The van der Waals surface area contributed by atoms with Crippen LogP contribution in [0.1, 0.15) is 44.1 Å². The van der Waals surface area contributed by atoms with Crippen molar-refractivity contribution < 1.29 is 9.90 Å². The van der Waals surface area contributed by atoms with Crippen LogP contribution in [0.15, 0.2) is 36.7 Å². The van der Waals surface area contributed by atoms with Gasteiger partial charge >= 0.3 is 6.03 Å². The Kier molecular flexibility index (Phi) is 6.04. The lowest BCUT2D eigenvalue weighted by atomic mass is 9.68. The number of fused-ring (bicyclic) bond motifs is 1. The van der Waals surface area contributed by atoms with Gasteiger partial charge in [0.1, 0.15) is 11.8 Å². The minimum Gasteiger partial charge on any atom is -0.388 e. The summed E-state index contributed by atoms with van der Waals surface area (Å²) in [5, 5.41) is 31.5. The normalized spacial score (nSPS) is 16.0. The number of rotatable bonds is 4. The van der Waals surface area contributed by atoms with Gasteiger partial charge in [0, 0.05) is 29.1 Å². The minimum absolute atomic E-state index is 0.192. The van der Waals surface area contributed by atoms with Gasteiger partial charge in [0.15, 0.2) is 0 Å². The summed E-state index contributed by atoms with van der Waals surface area (Å²) in [5.41, 5.74) is 1.96. The standard InChI is InChI=1S/C23H25ClN6O2/c1-23(2,21(31)19-10-16(24)9-14-12-27-29-20(14)19)15-5-7-30(8-6-15)22(32)28-18-4-3-17(11-25)26-13-18/h3-4,9-10,12-13,15,21,31H,5-8H2,1-2H3,(H,27,29)(H,28,32)/t21-/m1/s1. The molecule has 2 aromatic heterocycles. The van der Waals surface area contributed by atoms with E-state index >= 15 is 0 Å². The van der Waals surface area contributed by atoms with Gasteiger partial charge in [-0.1, -0.05) is 25.4 Å². The molecule has 1 fully saturated rings. The molecular weight excluding hydrogens is 428 g/mol. The molecule has 1 aliphatic heterocycles. The number of piperidine rings is 1. The van der Waals surface area contributed by atoms with Crippen molar-refractivity contribution in [1.82, 2.24) is 20.1 Å². The summed E-state index contributed by atoms with van der Waals surface area (Å²) >= 11 is 6.27. The summed E-state index contributed by atoms with van der Waals surface area (Å²) in [7, 11) is 0. The van der Waals surface area contributed by atoms with Gasteiger partial charge < -0.3 is 15.3 Å². The number of nitriles is 1. The minimum atomic E-state index is -0.737. The average Bonchev–Trinajstić information content (AvgIpc) is 3.27. The average molecular weight is 453 g/mol. The van der Waals surface area contributed by atoms with Crippen LogP contribution in [-0.4, -0.2) is 44.3 Å². The second-order valence-electron chi connectivity index (χ2n) is 8.79. The molecule has 0 spiro atoms. The van der Waals surface area contributed by atoms with Crippen molar-refractivity contribution in [1.29, 1.82) is 5.26 Å². The van der Waals surface area contributed by atoms with E-state index in [0.717, 1.165) is 29.3 Å². The van der Waals surface area contributed by atoms with Crippen molar-refractivity contribution in [2.24, 2.45) is 11.3 Å². The molecule has 2 amide bonds. The number of benzene rings is 1. The molecule has 1 aromatic carbocycles. The van der Waals surface area contributed by atoms with Gasteiger partial charge in [-0.2, -0.15) is 10.4 Å². The summed E-state index contributed by atoms with van der Waals surface area (Å²) in [6.07, 6.45) is 3.99. The summed E-state index contributed by atoms with van der Waals surface area (Å²) in [6, 6.07) is 8.61. The number of H-pyrrole nitrogens is 1. The Morgan fingerprint density at radius 3 is 2.75 bits per heavy atom. The molecule has 0 saturated carbocycles. The second kappa shape index (κ2) is 8.77. The Labute approximate surface area is 191 Å². The Balaban J connectivity index is 1.41. The summed E-state index contributed by atoms with van der Waals surface area (Å²) < 4.78 is 0. The SMILES string of the molecule is CC(C)(C1CCN(C(=O)Nc2ccc(C#N)nc2)CC1)[C@H](O)c1cc(Cl)cc2cn[nH]c12.